The molecule has 0 fully saturated rings. The van der Waals surface area contributed by atoms with Gasteiger partial charge in [0.05, 0.1) is 5.69 Å². The zero-order chi connectivity index (χ0) is 12.5. The molecule has 3 heteroatoms. The number of fused-ring (bicyclic) bond motifs is 1. The number of aromatic nitrogens is 1. The smallest absolute Gasteiger partial charge is 0.150 e. The molecule has 1 atom stereocenters. The Morgan fingerprint density at radius 3 is 3.06 bits per heavy atom. The van der Waals surface area contributed by atoms with Gasteiger partial charge in [-0.05, 0) is 42.2 Å². The van der Waals surface area contributed by atoms with Crippen molar-refractivity contribution in [3.05, 3.63) is 64.7 Å². The van der Waals surface area contributed by atoms with Crippen LogP contribution in [0.2, 0.25) is 0 Å². The highest BCUT2D eigenvalue weighted by atomic mass is 19.1. The van der Waals surface area contributed by atoms with Gasteiger partial charge in [0.15, 0.2) is 0 Å². The van der Waals surface area contributed by atoms with Crippen LogP contribution in [0.1, 0.15) is 39.5 Å². The van der Waals surface area contributed by atoms with Crippen molar-refractivity contribution in [2.45, 2.75) is 18.8 Å². The van der Waals surface area contributed by atoms with Gasteiger partial charge in [-0.1, -0.05) is 12.1 Å². The third-order valence-electron chi connectivity index (χ3n) is 3.51. The first kappa shape index (κ1) is 11.1. The summed E-state index contributed by atoms with van der Waals surface area (Å²) in [5.74, 6) is -0.262. The number of hydrogen-bond donors (Lipinski definition) is 0. The normalized spacial score (nSPS) is 17.5. The van der Waals surface area contributed by atoms with E-state index in [1.165, 1.54) is 17.7 Å². The van der Waals surface area contributed by atoms with Gasteiger partial charge >= 0.3 is 0 Å². The molecule has 0 saturated heterocycles. The van der Waals surface area contributed by atoms with Gasteiger partial charge in [0.1, 0.15) is 12.1 Å². The number of halogens is 1. The first-order valence-electron chi connectivity index (χ1n) is 5.98. The number of pyridine rings is 1. The Bertz CT molecular complexity index is 609. The number of carbonyl (C=O) groups excluding carboxylic acids is 1. The summed E-state index contributed by atoms with van der Waals surface area (Å²) in [6, 6.07) is 8.39. The molecule has 3 rings (SSSR count). The predicted octanol–water partition coefficient (Wildman–Crippen LogP) is 3.11. The maximum atomic E-state index is 13.1. The number of aldehydes is 1. The van der Waals surface area contributed by atoms with Crippen LogP contribution in [0.15, 0.2) is 36.5 Å². The van der Waals surface area contributed by atoms with Crippen molar-refractivity contribution in [1.29, 1.82) is 0 Å². The molecule has 0 saturated carbocycles. The summed E-state index contributed by atoms with van der Waals surface area (Å²) < 4.78 is 13.1. The summed E-state index contributed by atoms with van der Waals surface area (Å²) in [6.07, 6.45) is 4.38. The summed E-state index contributed by atoms with van der Waals surface area (Å²) in [7, 11) is 0. The van der Waals surface area contributed by atoms with E-state index in [1.807, 2.05) is 6.07 Å². The highest BCUT2D eigenvalue weighted by Crippen LogP contribution is 2.37. The van der Waals surface area contributed by atoms with Crippen molar-refractivity contribution in [1.82, 2.24) is 4.98 Å². The second-order valence-electron chi connectivity index (χ2n) is 4.53. The molecular weight excluding hydrogens is 229 g/mol. The zero-order valence-corrected chi connectivity index (χ0v) is 9.77. The van der Waals surface area contributed by atoms with Gasteiger partial charge in [-0.25, -0.2) is 4.39 Å². The van der Waals surface area contributed by atoms with Crippen molar-refractivity contribution < 1.29 is 9.18 Å². The second-order valence-corrected chi connectivity index (χ2v) is 4.53. The van der Waals surface area contributed by atoms with E-state index in [4.69, 9.17) is 0 Å². The van der Waals surface area contributed by atoms with Gasteiger partial charge in [-0.2, -0.15) is 0 Å². The highest BCUT2D eigenvalue weighted by molar-refractivity contribution is 5.78. The maximum Gasteiger partial charge on any atom is 0.150 e. The Hall–Kier alpha value is -2.03. The van der Waals surface area contributed by atoms with Crippen molar-refractivity contribution in [2.24, 2.45) is 0 Å². The zero-order valence-electron chi connectivity index (χ0n) is 9.77. The minimum absolute atomic E-state index is 0.113. The Kier molecular flexibility index (Phi) is 2.67. The minimum atomic E-state index is -0.375. The minimum Gasteiger partial charge on any atom is -0.298 e. The largest absolute Gasteiger partial charge is 0.298 e. The molecule has 18 heavy (non-hydrogen) atoms. The monoisotopic (exact) mass is 241 g/mol. The van der Waals surface area contributed by atoms with Crippen LogP contribution in [0.4, 0.5) is 4.39 Å². The molecule has 1 heterocycles. The van der Waals surface area contributed by atoms with Crippen LogP contribution in [0, 0.1) is 5.82 Å². The third-order valence-corrected chi connectivity index (χ3v) is 3.51. The van der Waals surface area contributed by atoms with Crippen LogP contribution < -0.4 is 0 Å². The molecular formula is C15H12FNO. The number of nitrogens with zero attached hydrogens (tertiary/aromatic N) is 1. The lowest BCUT2D eigenvalue weighted by Gasteiger charge is -2.13. The first-order valence-corrected chi connectivity index (χ1v) is 5.98. The summed E-state index contributed by atoms with van der Waals surface area (Å²) in [6.45, 7) is 0. The molecule has 0 N–H and O–H groups in total. The summed E-state index contributed by atoms with van der Waals surface area (Å²) in [4.78, 5) is 15.5. The Morgan fingerprint density at radius 2 is 2.22 bits per heavy atom. The molecule has 1 unspecified atom stereocenters. The fourth-order valence-electron chi connectivity index (χ4n) is 2.68. The van der Waals surface area contributed by atoms with Crippen LogP contribution >= 0.6 is 0 Å². The van der Waals surface area contributed by atoms with E-state index in [-0.39, 0.29) is 11.7 Å². The lowest BCUT2D eigenvalue weighted by molar-refractivity contribution is 0.112. The van der Waals surface area contributed by atoms with E-state index in [1.54, 1.807) is 12.3 Å². The summed E-state index contributed by atoms with van der Waals surface area (Å²) in [5.41, 5.74) is 3.55. The average molecular weight is 241 g/mol. The molecule has 90 valence electrons. The number of carbonyl (C=O) groups is 1. The van der Waals surface area contributed by atoms with E-state index >= 15 is 0 Å². The fourth-order valence-corrected chi connectivity index (χ4v) is 2.68. The summed E-state index contributed by atoms with van der Waals surface area (Å²) >= 11 is 0. The standard InChI is InChI=1S/C15H12FNO/c16-12-4-6-13(11(8-12)9-18)14-5-3-10-2-1-7-17-15(10)14/h1-2,4,6-9,14H,3,5H2. The maximum absolute atomic E-state index is 13.1. The van der Waals surface area contributed by atoms with Gasteiger partial charge in [0.25, 0.3) is 0 Å². The topological polar surface area (TPSA) is 30.0 Å². The van der Waals surface area contributed by atoms with Crippen molar-refractivity contribution in [3.8, 4) is 0 Å². The van der Waals surface area contributed by atoms with Crippen molar-refractivity contribution >= 4 is 6.29 Å². The fraction of sp³-hybridized carbons (Fsp3) is 0.200. The molecule has 2 nitrogen and oxygen atoms in total. The molecule has 0 amide bonds. The van der Waals surface area contributed by atoms with Crippen LogP contribution in [-0.4, -0.2) is 11.3 Å². The summed E-state index contributed by atoms with van der Waals surface area (Å²) in [5, 5.41) is 0. The van der Waals surface area contributed by atoms with Crippen molar-refractivity contribution in [3.63, 3.8) is 0 Å². The number of hydrogen-bond acceptors (Lipinski definition) is 2. The van der Waals surface area contributed by atoms with E-state index in [0.29, 0.717) is 5.56 Å². The molecule has 1 aromatic carbocycles. The average Bonchev–Trinajstić information content (AvgIpc) is 2.82. The SMILES string of the molecule is O=Cc1cc(F)ccc1C1CCc2cccnc21. The van der Waals surface area contributed by atoms with Gasteiger partial charge in [0, 0.05) is 17.7 Å². The van der Waals surface area contributed by atoms with Crippen LogP contribution in [-0.2, 0) is 6.42 Å². The Balaban J connectivity index is 2.10. The van der Waals surface area contributed by atoms with Crippen LogP contribution in [0.5, 0.6) is 0 Å². The molecule has 2 aromatic rings. The van der Waals surface area contributed by atoms with E-state index in [9.17, 15) is 9.18 Å². The van der Waals surface area contributed by atoms with Crippen LogP contribution in [0.3, 0.4) is 0 Å². The Labute approximate surface area is 104 Å². The molecule has 1 aromatic heterocycles. The quantitative estimate of drug-likeness (QED) is 0.756. The Morgan fingerprint density at radius 1 is 1.33 bits per heavy atom. The van der Waals surface area contributed by atoms with Gasteiger partial charge < -0.3 is 0 Å². The lowest BCUT2D eigenvalue weighted by Crippen LogP contribution is -2.03. The van der Waals surface area contributed by atoms with Crippen LogP contribution in [0.25, 0.3) is 0 Å². The number of aryl methyl sites for hydroxylation is 1. The molecule has 0 spiro atoms. The molecule has 0 aliphatic heterocycles. The number of rotatable bonds is 2. The predicted molar refractivity (Wildman–Crippen MR) is 66.2 cm³/mol. The highest BCUT2D eigenvalue weighted by Gasteiger charge is 2.26. The van der Waals surface area contributed by atoms with E-state index in [2.05, 4.69) is 11.1 Å². The number of benzene rings is 1. The second kappa shape index (κ2) is 4.33. The van der Waals surface area contributed by atoms with Crippen molar-refractivity contribution in [2.75, 3.05) is 0 Å². The molecule has 1 aliphatic rings. The van der Waals surface area contributed by atoms with Gasteiger partial charge in [-0.3, -0.25) is 9.78 Å². The molecule has 0 bridgehead atoms. The lowest BCUT2D eigenvalue weighted by atomic mass is 9.92. The molecule has 1 aliphatic carbocycles. The van der Waals surface area contributed by atoms with Gasteiger partial charge in [0.2, 0.25) is 0 Å². The van der Waals surface area contributed by atoms with E-state index in [0.717, 1.165) is 30.4 Å². The molecule has 0 radical (unpaired) electrons. The third kappa shape index (κ3) is 1.72. The van der Waals surface area contributed by atoms with Gasteiger partial charge in [-0.15, -0.1) is 0 Å². The van der Waals surface area contributed by atoms with E-state index < -0.39 is 0 Å². The first-order chi connectivity index (χ1) is 8.79.